The molecule has 1 atom stereocenters. The third-order valence-corrected chi connectivity index (χ3v) is 7.73. The van der Waals surface area contributed by atoms with Crippen LogP contribution < -0.4 is 9.64 Å². The lowest BCUT2D eigenvalue weighted by molar-refractivity contribution is -0.160. The van der Waals surface area contributed by atoms with Gasteiger partial charge in [0.05, 0.1) is 30.2 Å². The van der Waals surface area contributed by atoms with E-state index in [1.165, 1.54) is 12.1 Å². The number of aliphatic hydroxyl groups is 1. The first kappa shape index (κ1) is 31.4. The van der Waals surface area contributed by atoms with Crippen molar-refractivity contribution < 1.29 is 28.9 Å². The molecule has 2 aromatic carbocycles. The van der Waals surface area contributed by atoms with Gasteiger partial charge in [0, 0.05) is 36.3 Å². The molecule has 2 N–H and O–H groups in total. The predicted octanol–water partition coefficient (Wildman–Crippen LogP) is 6.88. The van der Waals surface area contributed by atoms with Crippen LogP contribution >= 0.6 is 0 Å². The SMILES string of the molecule is Cc1nc(CO)c(-c2ccc(OCCc3ccc(F)cc3)cc2)c(N2CCC(C)(C)CC2)c1[C@H](OC(C)(C)C)C(=O)O. The van der Waals surface area contributed by atoms with Crippen molar-refractivity contribution >= 4 is 11.7 Å². The van der Waals surface area contributed by atoms with Gasteiger partial charge < -0.3 is 24.6 Å². The van der Waals surface area contributed by atoms with Crippen LogP contribution in [0, 0.1) is 18.2 Å². The molecule has 0 bridgehead atoms. The van der Waals surface area contributed by atoms with E-state index in [9.17, 15) is 19.4 Å². The third-order valence-electron chi connectivity index (χ3n) is 7.73. The van der Waals surface area contributed by atoms with Crippen molar-refractivity contribution in [2.75, 3.05) is 24.6 Å². The van der Waals surface area contributed by atoms with Crippen molar-refractivity contribution in [3.05, 3.63) is 76.9 Å². The van der Waals surface area contributed by atoms with E-state index < -0.39 is 17.7 Å². The normalized spacial score (nSPS) is 15.9. The van der Waals surface area contributed by atoms with Gasteiger partial charge in [-0.3, -0.25) is 4.98 Å². The largest absolute Gasteiger partial charge is 0.493 e. The van der Waals surface area contributed by atoms with Gasteiger partial charge in [-0.05, 0) is 81.3 Å². The number of ether oxygens (including phenoxy) is 2. The molecule has 0 spiro atoms. The molecule has 0 radical (unpaired) electrons. The number of benzene rings is 2. The molecule has 1 fully saturated rings. The summed E-state index contributed by atoms with van der Waals surface area (Å²) in [6, 6.07) is 13.9. The maximum Gasteiger partial charge on any atom is 0.337 e. The lowest BCUT2D eigenvalue weighted by Gasteiger charge is -2.41. The molecule has 3 aromatic rings. The quantitative estimate of drug-likeness (QED) is 0.271. The number of pyridine rings is 1. The van der Waals surface area contributed by atoms with Crippen LogP contribution in [0.1, 0.15) is 76.1 Å². The van der Waals surface area contributed by atoms with Gasteiger partial charge in [0.1, 0.15) is 11.6 Å². The summed E-state index contributed by atoms with van der Waals surface area (Å²) >= 11 is 0. The monoisotopic (exact) mass is 578 g/mol. The lowest BCUT2D eigenvalue weighted by Crippen LogP contribution is -2.39. The number of aliphatic carboxylic acids is 1. The van der Waals surface area contributed by atoms with E-state index in [1.54, 1.807) is 19.1 Å². The van der Waals surface area contributed by atoms with Crippen LogP contribution in [0.15, 0.2) is 48.5 Å². The van der Waals surface area contributed by atoms with Crippen molar-refractivity contribution in [1.29, 1.82) is 0 Å². The van der Waals surface area contributed by atoms with E-state index in [0.29, 0.717) is 41.3 Å². The van der Waals surface area contributed by atoms with E-state index in [1.807, 2.05) is 45.0 Å². The zero-order valence-corrected chi connectivity index (χ0v) is 25.5. The standard InChI is InChI=1S/C34H43FN2O5/c1-22-28(31(32(39)40)42-33(2,3)4)30(37-18-16-34(5,6)17-19-37)29(27(21-38)36-22)24-9-13-26(14-10-24)41-20-15-23-7-11-25(35)12-8-23/h7-14,31,38H,15-21H2,1-6H3,(H,39,40)/t31-/m0/s1. The fourth-order valence-corrected chi connectivity index (χ4v) is 5.40. The Hall–Kier alpha value is -3.49. The molecule has 1 aliphatic heterocycles. The number of carboxylic acids is 1. The number of anilines is 1. The second kappa shape index (κ2) is 12.8. The lowest BCUT2D eigenvalue weighted by atomic mass is 9.81. The van der Waals surface area contributed by atoms with E-state index in [0.717, 1.165) is 42.7 Å². The molecule has 0 unspecified atom stereocenters. The van der Waals surface area contributed by atoms with Crippen LogP contribution in [0.5, 0.6) is 5.75 Å². The molecule has 42 heavy (non-hydrogen) atoms. The maximum atomic E-state index is 13.2. The fourth-order valence-electron chi connectivity index (χ4n) is 5.40. The molecule has 7 nitrogen and oxygen atoms in total. The molecule has 1 aromatic heterocycles. The summed E-state index contributed by atoms with van der Waals surface area (Å²) in [6.45, 7) is 13.4. The molecule has 0 amide bonds. The van der Waals surface area contributed by atoms with Gasteiger partial charge in [-0.25, -0.2) is 9.18 Å². The Morgan fingerprint density at radius 1 is 1.07 bits per heavy atom. The van der Waals surface area contributed by atoms with Gasteiger partial charge in [-0.2, -0.15) is 0 Å². The molecule has 8 heteroatoms. The van der Waals surface area contributed by atoms with Crippen molar-refractivity contribution in [3.63, 3.8) is 0 Å². The number of aliphatic hydroxyl groups excluding tert-OH is 1. The zero-order chi connectivity index (χ0) is 30.7. The highest BCUT2D eigenvalue weighted by molar-refractivity contribution is 5.88. The highest BCUT2D eigenvalue weighted by atomic mass is 19.1. The minimum atomic E-state index is -1.23. The number of hydrogen-bond acceptors (Lipinski definition) is 6. The molecular weight excluding hydrogens is 535 g/mol. The predicted molar refractivity (Wildman–Crippen MR) is 162 cm³/mol. The first-order valence-corrected chi connectivity index (χ1v) is 14.6. The Bertz CT molecular complexity index is 1370. The van der Waals surface area contributed by atoms with Crippen molar-refractivity contribution in [1.82, 2.24) is 4.98 Å². The average Bonchev–Trinajstić information content (AvgIpc) is 2.92. The van der Waals surface area contributed by atoms with Crippen LogP contribution in [-0.4, -0.2) is 46.5 Å². The minimum Gasteiger partial charge on any atom is -0.493 e. The molecule has 4 rings (SSSR count). The van der Waals surface area contributed by atoms with Crippen molar-refractivity contribution in [2.45, 2.75) is 79.1 Å². The number of aromatic nitrogens is 1. The van der Waals surface area contributed by atoms with Gasteiger partial charge >= 0.3 is 5.97 Å². The fraction of sp³-hybridized carbons (Fsp3) is 0.471. The summed E-state index contributed by atoms with van der Waals surface area (Å²) < 4.78 is 25.3. The van der Waals surface area contributed by atoms with Gasteiger partial charge in [-0.15, -0.1) is 0 Å². The van der Waals surface area contributed by atoms with Gasteiger partial charge in [0.15, 0.2) is 6.10 Å². The summed E-state index contributed by atoms with van der Waals surface area (Å²) in [7, 11) is 0. The number of aryl methyl sites for hydroxylation is 1. The molecule has 226 valence electrons. The first-order chi connectivity index (χ1) is 19.8. The van der Waals surface area contributed by atoms with Gasteiger partial charge in [-0.1, -0.05) is 38.1 Å². The van der Waals surface area contributed by atoms with Crippen LogP contribution in [0.4, 0.5) is 10.1 Å². The van der Waals surface area contributed by atoms with Gasteiger partial charge in [0.25, 0.3) is 0 Å². The van der Waals surface area contributed by atoms with Crippen LogP contribution in [0.25, 0.3) is 11.1 Å². The van der Waals surface area contributed by atoms with Gasteiger partial charge in [0.2, 0.25) is 0 Å². The smallest absolute Gasteiger partial charge is 0.337 e. The highest BCUT2D eigenvalue weighted by Crippen LogP contribution is 2.45. The molecule has 1 saturated heterocycles. The second-order valence-electron chi connectivity index (χ2n) is 12.8. The first-order valence-electron chi connectivity index (χ1n) is 14.6. The van der Waals surface area contributed by atoms with E-state index in [2.05, 4.69) is 18.7 Å². The molecular formula is C34H43FN2O5. The van der Waals surface area contributed by atoms with Crippen LogP contribution in [-0.2, 0) is 22.6 Å². The van der Waals surface area contributed by atoms with Crippen molar-refractivity contribution in [3.8, 4) is 16.9 Å². The van der Waals surface area contributed by atoms with E-state index >= 15 is 0 Å². The highest BCUT2D eigenvalue weighted by Gasteiger charge is 2.36. The summed E-state index contributed by atoms with van der Waals surface area (Å²) in [5.74, 6) is -0.674. The number of nitrogens with zero attached hydrogens (tertiary/aromatic N) is 2. The number of rotatable bonds is 10. The number of carboxylic acid groups (broad SMARTS) is 1. The third kappa shape index (κ3) is 7.66. The molecule has 1 aliphatic rings. The molecule has 2 heterocycles. The summed E-state index contributed by atoms with van der Waals surface area (Å²) in [4.78, 5) is 19.6. The maximum absolute atomic E-state index is 13.2. The van der Waals surface area contributed by atoms with Crippen LogP contribution in [0.2, 0.25) is 0 Å². The Morgan fingerprint density at radius 3 is 2.24 bits per heavy atom. The number of piperidine rings is 1. The minimum absolute atomic E-state index is 0.180. The Kier molecular flexibility index (Phi) is 9.58. The topological polar surface area (TPSA) is 92.1 Å². The molecule has 0 saturated carbocycles. The van der Waals surface area contributed by atoms with Crippen molar-refractivity contribution in [2.24, 2.45) is 5.41 Å². The zero-order valence-electron chi connectivity index (χ0n) is 25.5. The number of halogens is 1. The summed E-state index contributed by atoms with van der Waals surface area (Å²) in [6.07, 6.45) is 1.30. The number of carbonyl (C=O) groups is 1. The Labute approximate surface area is 248 Å². The number of hydrogen-bond donors (Lipinski definition) is 2. The molecule has 0 aliphatic carbocycles. The summed E-state index contributed by atoms with van der Waals surface area (Å²) in [5.41, 5.74) is 4.25. The van der Waals surface area contributed by atoms with Crippen LogP contribution in [0.3, 0.4) is 0 Å². The van der Waals surface area contributed by atoms with E-state index in [4.69, 9.17) is 14.5 Å². The Morgan fingerprint density at radius 2 is 1.69 bits per heavy atom. The Balaban J connectivity index is 1.75. The average molecular weight is 579 g/mol. The summed E-state index contributed by atoms with van der Waals surface area (Å²) in [5, 5.41) is 20.8. The second-order valence-corrected chi connectivity index (χ2v) is 12.8. The van der Waals surface area contributed by atoms with E-state index in [-0.39, 0.29) is 17.8 Å².